The number of amides is 1. The van der Waals surface area contributed by atoms with Crippen LogP contribution in [0.2, 0.25) is 5.02 Å². The summed E-state index contributed by atoms with van der Waals surface area (Å²) in [7, 11) is 0. The van der Waals surface area contributed by atoms with Gasteiger partial charge in [0.15, 0.2) is 0 Å². The van der Waals surface area contributed by atoms with E-state index in [9.17, 15) is 4.79 Å². The van der Waals surface area contributed by atoms with Crippen molar-refractivity contribution in [3.8, 4) is 0 Å². The maximum absolute atomic E-state index is 13.0. The van der Waals surface area contributed by atoms with Crippen molar-refractivity contribution in [2.45, 2.75) is 64.5 Å². The van der Waals surface area contributed by atoms with E-state index in [1.165, 1.54) is 19.3 Å². The second-order valence-electron chi connectivity index (χ2n) is 6.67. The zero-order valence-electron chi connectivity index (χ0n) is 15.4. The van der Waals surface area contributed by atoms with E-state index in [1.54, 1.807) is 0 Å². The monoisotopic (exact) mass is 384 g/mol. The maximum atomic E-state index is 13.0. The molecule has 0 saturated heterocycles. The van der Waals surface area contributed by atoms with Crippen molar-refractivity contribution in [2.24, 2.45) is 0 Å². The molecule has 3 nitrogen and oxygen atoms in total. The Balaban J connectivity index is 2.40. The highest BCUT2D eigenvalue weighted by Crippen LogP contribution is 2.31. The fourth-order valence-electron chi connectivity index (χ4n) is 4.01. The van der Waals surface area contributed by atoms with Gasteiger partial charge in [-0.2, -0.15) is 0 Å². The molecular formula is C20H30Cl2N2O. The fourth-order valence-corrected chi connectivity index (χ4v) is 4.30. The Morgan fingerprint density at radius 3 is 2.20 bits per heavy atom. The number of likely N-dealkylation sites (N-methyl/N-ethyl adjacent to an activating group) is 1. The summed E-state index contributed by atoms with van der Waals surface area (Å²) in [6.45, 7) is 6.43. The molecule has 0 aliphatic heterocycles. The average Bonchev–Trinajstić information content (AvgIpc) is 2.85. The predicted octanol–water partition coefficient (Wildman–Crippen LogP) is 5.35. The van der Waals surface area contributed by atoms with E-state index in [0.29, 0.717) is 23.4 Å². The molecule has 2 atom stereocenters. The van der Waals surface area contributed by atoms with Gasteiger partial charge >= 0.3 is 0 Å². The van der Waals surface area contributed by atoms with Gasteiger partial charge in [0.2, 0.25) is 5.91 Å². The molecule has 2 rings (SSSR count). The third-order valence-electron chi connectivity index (χ3n) is 5.24. The Labute approximate surface area is 162 Å². The van der Waals surface area contributed by atoms with Gasteiger partial charge in [0.1, 0.15) is 0 Å². The standard InChI is InChI=1S/C20H30Cl2N2O/c1-3-23(4-2)18-8-6-5-7-9-19(18)24(20(25)14-15-21)17-12-10-16(22)11-13-17/h10-13,18-19H,3-9,14-15H2,1-2H3. The number of halogens is 2. The van der Waals surface area contributed by atoms with Gasteiger partial charge in [-0.3, -0.25) is 9.69 Å². The lowest BCUT2D eigenvalue weighted by Gasteiger charge is -2.41. The minimum absolute atomic E-state index is 0.112. The molecule has 0 aromatic heterocycles. The molecule has 5 heteroatoms. The summed E-state index contributed by atoms with van der Waals surface area (Å²) in [5.74, 6) is 0.465. The van der Waals surface area contributed by atoms with Crippen molar-refractivity contribution in [3.05, 3.63) is 29.3 Å². The third-order valence-corrected chi connectivity index (χ3v) is 5.68. The van der Waals surface area contributed by atoms with E-state index in [4.69, 9.17) is 23.2 Å². The molecule has 1 aromatic carbocycles. The third kappa shape index (κ3) is 5.35. The summed E-state index contributed by atoms with van der Waals surface area (Å²) in [6.07, 6.45) is 6.19. The van der Waals surface area contributed by atoms with E-state index < -0.39 is 0 Å². The molecule has 0 bridgehead atoms. The molecule has 1 fully saturated rings. The van der Waals surface area contributed by atoms with Gasteiger partial charge in [-0.05, 0) is 50.2 Å². The lowest BCUT2D eigenvalue weighted by molar-refractivity contribution is -0.119. The molecule has 1 amide bonds. The molecule has 2 unspecified atom stereocenters. The number of benzene rings is 1. The van der Waals surface area contributed by atoms with Crippen LogP contribution in [-0.4, -0.2) is 41.9 Å². The van der Waals surface area contributed by atoms with E-state index >= 15 is 0 Å². The van der Waals surface area contributed by atoms with Crippen LogP contribution in [0.5, 0.6) is 0 Å². The van der Waals surface area contributed by atoms with Crippen LogP contribution in [0.4, 0.5) is 5.69 Å². The molecule has 0 N–H and O–H groups in total. The maximum Gasteiger partial charge on any atom is 0.228 e. The second-order valence-corrected chi connectivity index (χ2v) is 7.49. The molecule has 0 heterocycles. The van der Waals surface area contributed by atoms with Gasteiger partial charge in [-0.1, -0.05) is 44.7 Å². The summed E-state index contributed by atoms with van der Waals surface area (Å²) in [4.78, 5) is 17.5. The Morgan fingerprint density at radius 2 is 1.64 bits per heavy atom. The molecule has 1 saturated carbocycles. The number of hydrogen-bond acceptors (Lipinski definition) is 2. The number of hydrogen-bond donors (Lipinski definition) is 0. The van der Waals surface area contributed by atoms with E-state index in [2.05, 4.69) is 18.7 Å². The van der Waals surface area contributed by atoms with Crippen LogP contribution in [0.1, 0.15) is 52.4 Å². The summed E-state index contributed by atoms with van der Waals surface area (Å²) in [5.41, 5.74) is 0.934. The zero-order chi connectivity index (χ0) is 18.2. The molecule has 140 valence electrons. The van der Waals surface area contributed by atoms with Crippen molar-refractivity contribution in [1.82, 2.24) is 4.90 Å². The number of anilines is 1. The SMILES string of the molecule is CCN(CC)C1CCCCCC1N(C(=O)CCCl)c1ccc(Cl)cc1. The van der Waals surface area contributed by atoms with Gasteiger partial charge in [0.05, 0.1) is 6.04 Å². The van der Waals surface area contributed by atoms with Crippen LogP contribution in [0.25, 0.3) is 0 Å². The van der Waals surface area contributed by atoms with Crippen molar-refractivity contribution < 1.29 is 4.79 Å². The first-order valence-electron chi connectivity index (χ1n) is 9.50. The average molecular weight is 385 g/mol. The summed E-state index contributed by atoms with van der Waals surface area (Å²) in [5, 5.41) is 0.689. The number of alkyl halides is 1. The first-order valence-corrected chi connectivity index (χ1v) is 10.4. The molecule has 1 aliphatic carbocycles. The normalized spacial score (nSPS) is 21.2. The van der Waals surface area contributed by atoms with Crippen molar-refractivity contribution in [3.63, 3.8) is 0 Å². The lowest BCUT2D eigenvalue weighted by Crippen LogP contribution is -2.53. The van der Waals surface area contributed by atoms with Crippen LogP contribution >= 0.6 is 23.2 Å². The van der Waals surface area contributed by atoms with Gasteiger partial charge < -0.3 is 4.90 Å². The second kappa shape index (κ2) is 10.4. The summed E-state index contributed by atoms with van der Waals surface area (Å²) >= 11 is 12.0. The van der Waals surface area contributed by atoms with Crippen LogP contribution in [0, 0.1) is 0 Å². The highest BCUT2D eigenvalue weighted by atomic mass is 35.5. The van der Waals surface area contributed by atoms with Gasteiger partial charge in [-0.15, -0.1) is 11.6 Å². The first-order chi connectivity index (χ1) is 12.1. The minimum atomic E-state index is 0.112. The largest absolute Gasteiger partial charge is 0.308 e. The lowest BCUT2D eigenvalue weighted by atomic mass is 9.98. The Morgan fingerprint density at radius 1 is 1.04 bits per heavy atom. The summed E-state index contributed by atoms with van der Waals surface area (Å²) in [6, 6.07) is 8.23. The predicted molar refractivity (Wildman–Crippen MR) is 108 cm³/mol. The van der Waals surface area contributed by atoms with E-state index in [1.807, 2.05) is 29.2 Å². The van der Waals surface area contributed by atoms with Crippen LogP contribution < -0.4 is 4.90 Å². The highest BCUT2D eigenvalue weighted by Gasteiger charge is 2.35. The molecule has 1 aromatic rings. The Bertz CT molecular complexity index is 531. The number of nitrogens with zero attached hydrogens (tertiary/aromatic N) is 2. The van der Waals surface area contributed by atoms with Gasteiger partial charge in [-0.25, -0.2) is 0 Å². The molecular weight excluding hydrogens is 355 g/mol. The smallest absolute Gasteiger partial charge is 0.228 e. The van der Waals surface area contributed by atoms with Crippen LogP contribution in [-0.2, 0) is 4.79 Å². The number of rotatable bonds is 7. The fraction of sp³-hybridized carbons (Fsp3) is 0.650. The zero-order valence-corrected chi connectivity index (χ0v) is 16.9. The van der Waals surface area contributed by atoms with E-state index in [-0.39, 0.29) is 11.9 Å². The first kappa shape index (κ1) is 20.5. The van der Waals surface area contributed by atoms with Crippen molar-refractivity contribution in [1.29, 1.82) is 0 Å². The quantitative estimate of drug-likeness (QED) is 0.467. The number of carbonyl (C=O) groups excluding carboxylic acids is 1. The van der Waals surface area contributed by atoms with Crippen LogP contribution in [0.3, 0.4) is 0 Å². The van der Waals surface area contributed by atoms with E-state index in [0.717, 1.165) is 31.6 Å². The molecule has 25 heavy (non-hydrogen) atoms. The van der Waals surface area contributed by atoms with Gasteiger partial charge in [0.25, 0.3) is 0 Å². The summed E-state index contributed by atoms with van der Waals surface area (Å²) < 4.78 is 0. The van der Waals surface area contributed by atoms with Crippen molar-refractivity contribution in [2.75, 3.05) is 23.9 Å². The minimum Gasteiger partial charge on any atom is -0.308 e. The van der Waals surface area contributed by atoms with Crippen LogP contribution in [0.15, 0.2) is 24.3 Å². The molecule has 0 spiro atoms. The molecule has 0 radical (unpaired) electrons. The highest BCUT2D eigenvalue weighted by molar-refractivity contribution is 6.30. The Hall–Kier alpha value is -0.770. The topological polar surface area (TPSA) is 23.6 Å². The Kier molecular flexibility index (Phi) is 8.54. The van der Waals surface area contributed by atoms with Crippen molar-refractivity contribution >= 4 is 34.8 Å². The van der Waals surface area contributed by atoms with Gasteiger partial charge in [0, 0.05) is 29.1 Å². The molecule has 1 aliphatic rings. The number of carbonyl (C=O) groups is 1.